The number of halogens is 2. The lowest BCUT2D eigenvalue weighted by Crippen LogP contribution is -2.38. The van der Waals surface area contributed by atoms with Crippen molar-refractivity contribution in [2.75, 3.05) is 25.1 Å². The molecular formula is C23H21BrFN3O5. The fraction of sp³-hybridized carbons (Fsp3) is 0.174. The molecule has 1 saturated heterocycles. The maximum atomic E-state index is 13.7. The van der Waals surface area contributed by atoms with Gasteiger partial charge in [-0.3, -0.25) is 9.59 Å². The monoisotopic (exact) mass is 517 g/mol. The Hall–Kier alpha value is -3.66. The van der Waals surface area contributed by atoms with Crippen LogP contribution in [0.4, 0.5) is 14.9 Å². The van der Waals surface area contributed by atoms with Gasteiger partial charge in [0, 0.05) is 4.47 Å². The first-order chi connectivity index (χ1) is 15.8. The predicted molar refractivity (Wildman–Crippen MR) is 124 cm³/mol. The number of ether oxygens (including phenoxy) is 2. The second-order valence-electron chi connectivity index (χ2n) is 6.76. The van der Waals surface area contributed by atoms with Crippen LogP contribution in [0, 0.1) is 5.82 Å². The van der Waals surface area contributed by atoms with Crippen molar-refractivity contribution >= 4 is 45.5 Å². The van der Waals surface area contributed by atoms with Gasteiger partial charge in [-0.1, -0.05) is 40.7 Å². The molecule has 1 fully saturated rings. The first-order valence-corrected chi connectivity index (χ1v) is 10.7. The van der Waals surface area contributed by atoms with E-state index < -0.39 is 30.2 Å². The molecule has 2 aromatic rings. The van der Waals surface area contributed by atoms with Crippen LogP contribution < -0.4 is 20.1 Å². The average molecular weight is 518 g/mol. The zero-order valence-corrected chi connectivity index (χ0v) is 19.3. The van der Waals surface area contributed by atoms with E-state index in [1.165, 1.54) is 24.3 Å². The van der Waals surface area contributed by atoms with Gasteiger partial charge in [0.25, 0.3) is 5.91 Å². The van der Waals surface area contributed by atoms with Crippen LogP contribution in [-0.2, 0) is 9.59 Å². The fourth-order valence-electron chi connectivity index (χ4n) is 2.96. The van der Waals surface area contributed by atoms with Crippen LogP contribution in [0.3, 0.4) is 0 Å². The zero-order chi connectivity index (χ0) is 24.0. The van der Waals surface area contributed by atoms with E-state index in [0.29, 0.717) is 28.1 Å². The van der Waals surface area contributed by atoms with E-state index in [0.717, 1.165) is 4.90 Å². The van der Waals surface area contributed by atoms with E-state index >= 15 is 0 Å². The van der Waals surface area contributed by atoms with Crippen molar-refractivity contribution < 1.29 is 28.2 Å². The second kappa shape index (κ2) is 10.8. The molecule has 33 heavy (non-hydrogen) atoms. The molecular weight excluding hydrogens is 497 g/mol. The summed E-state index contributed by atoms with van der Waals surface area (Å²) in [6.45, 7) is 5.54. The lowest BCUT2D eigenvalue weighted by Gasteiger charge is -2.13. The molecule has 1 aliphatic heterocycles. The van der Waals surface area contributed by atoms with Crippen LogP contribution in [0.25, 0.3) is 6.08 Å². The van der Waals surface area contributed by atoms with E-state index in [2.05, 4.69) is 33.1 Å². The van der Waals surface area contributed by atoms with Crippen molar-refractivity contribution in [1.82, 2.24) is 10.2 Å². The van der Waals surface area contributed by atoms with Gasteiger partial charge >= 0.3 is 6.03 Å². The summed E-state index contributed by atoms with van der Waals surface area (Å²) in [7, 11) is 0. The minimum atomic E-state index is -0.762. The van der Waals surface area contributed by atoms with Crippen LogP contribution >= 0.6 is 15.9 Å². The van der Waals surface area contributed by atoms with Crippen LogP contribution in [0.15, 0.2) is 59.2 Å². The SMILES string of the molecule is C=CCOc1cc(Br)c(/C=C2/NC(=O)N(CC(=O)Nc3ccccc3F)C2=O)cc1OCC. The highest BCUT2D eigenvalue weighted by Crippen LogP contribution is 2.35. The third-order valence-corrected chi connectivity index (χ3v) is 5.12. The first kappa shape index (κ1) is 24.0. The van der Waals surface area contributed by atoms with E-state index in [1.807, 2.05) is 6.92 Å². The lowest BCUT2D eigenvalue weighted by molar-refractivity contribution is -0.127. The quantitative estimate of drug-likeness (QED) is 0.296. The Morgan fingerprint density at radius 2 is 1.97 bits per heavy atom. The molecule has 0 spiro atoms. The number of carbonyl (C=O) groups excluding carboxylic acids is 3. The summed E-state index contributed by atoms with van der Waals surface area (Å²) < 4.78 is 25.5. The lowest BCUT2D eigenvalue weighted by atomic mass is 10.1. The molecule has 0 aromatic heterocycles. The number of hydrogen-bond acceptors (Lipinski definition) is 5. The largest absolute Gasteiger partial charge is 0.490 e. The molecule has 2 N–H and O–H groups in total. The Bertz CT molecular complexity index is 1140. The molecule has 10 heteroatoms. The summed E-state index contributed by atoms with van der Waals surface area (Å²) in [4.78, 5) is 38.0. The molecule has 0 atom stereocenters. The minimum absolute atomic E-state index is 0.0263. The van der Waals surface area contributed by atoms with Crippen molar-refractivity contribution in [3.05, 3.63) is 70.6 Å². The Balaban J connectivity index is 1.78. The Labute approximate surface area is 198 Å². The number of rotatable bonds is 9. The van der Waals surface area contributed by atoms with E-state index in [1.54, 1.807) is 24.3 Å². The smallest absolute Gasteiger partial charge is 0.329 e. The predicted octanol–water partition coefficient (Wildman–Crippen LogP) is 4.08. The second-order valence-corrected chi connectivity index (χ2v) is 7.61. The van der Waals surface area contributed by atoms with Gasteiger partial charge in [-0.25, -0.2) is 14.1 Å². The topological polar surface area (TPSA) is 97.0 Å². The highest BCUT2D eigenvalue weighted by molar-refractivity contribution is 9.10. The Morgan fingerprint density at radius 1 is 1.24 bits per heavy atom. The third kappa shape index (κ3) is 5.78. The number of benzene rings is 2. The number of urea groups is 1. The van der Waals surface area contributed by atoms with Gasteiger partial charge in [0.2, 0.25) is 5.91 Å². The summed E-state index contributed by atoms with van der Waals surface area (Å²) in [5.41, 5.74) is 0.476. The molecule has 172 valence electrons. The molecule has 2 aromatic carbocycles. The standard InChI is InChI=1S/C23H21BrFN3O5/c1-3-9-33-20-12-15(24)14(11-19(20)32-4-2)10-18-22(30)28(23(31)27-18)13-21(29)26-17-8-6-5-7-16(17)25/h3,5-8,10-12H,1,4,9,13H2,2H3,(H,26,29)(H,27,31)/b18-10+. The van der Waals surface area contributed by atoms with E-state index in [-0.39, 0.29) is 18.0 Å². The van der Waals surface area contributed by atoms with Gasteiger partial charge in [-0.05, 0) is 42.8 Å². The molecule has 4 amide bonds. The minimum Gasteiger partial charge on any atom is -0.490 e. The maximum Gasteiger partial charge on any atom is 0.329 e. The maximum absolute atomic E-state index is 13.7. The molecule has 8 nitrogen and oxygen atoms in total. The number of amides is 4. The van der Waals surface area contributed by atoms with Crippen molar-refractivity contribution in [3.63, 3.8) is 0 Å². The highest BCUT2D eigenvalue weighted by Gasteiger charge is 2.35. The summed E-state index contributed by atoms with van der Waals surface area (Å²) in [6.07, 6.45) is 3.06. The van der Waals surface area contributed by atoms with Crippen molar-refractivity contribution in [2.24, 2.45) is 0 Å². The number of carbonyl (C=O) groups is 3. The number of nitrogens with zero attached hydrogens (tertiary/aromatic N) is 1. The molecule has 3 rings (SSSR count). The molecule has 1 heterocycles. The fourth-order valence-corrected chi connectivity index (χ4v) is 3.39. The number of imide groups is 1. The van der Waals surface area contributed by atoms with Crippen LogP contribution in [0.5, 0.6) is 11.5 Å². The van der Waals surface area contributed by atoms with Gasteiger partial charge in [-0.2, -0.15) is 0 Å². The van der Waals surface area contributed by atoms with Crippen LogP contribution in [0.1, 0.15) is 12.5 Å². The van der Waals surface area contributed by atoms with Crippen molar-refractivity contribution in [3.8, 4) is 11.5 Å². The Kier molecular flexibility index (Phi) is 7.83. The Morgan fingerprint density at radius 3 is 2.67 bits per heavy atom. The van der Waals surface area contributed by atoms with Gasteiger partial charge in [0.05, 0.1) is 12.3 Å². The van der Waals surface area contributed by atoms with Gasteiger partial charge in [0.15, 0.2) is 11.5 Å². The summed E-state index contributed by atoms with van der Waals surface area (Å²) in [5, 5.41) is 4.79. The van der Waals surface area contributed by atoms with Gasteiger partial charge in [0.1, 0.15) is 24.7 Å². The molecule has 0 aliphatic carbocycles. The molecule has 1 aliphatic rings. The molecule has 0 radical (unpaired) electrons. The summed E-state index contributed by atoms with van der Waals surface area (Å²) in [5.74, 6) is -1.10. The molecule has 0 unspecified atom stereocenters. The first-order valence-electron chi connectivity index (χ1n) is 9.93. The van der Waals surface area contributed by atoms with E-state index in [4.69, 9.17) is 9.47 Å². The third-order valence-electron chi connectivity index (χ3n) is 4.43. The highest BCUT2D eigenvalue weighted by atomic mass is 79.9. The van der Waals surface area contributed by atoms with E-state index in [9.17, 15) is 18.8 Å². The van der Waals surface area contributed by atoms with Gasteiger partial charge < -0.3 is 20.1 Å². The van der Waals surface area contributed by atoms with Crippen LogP contribution in [-0.4, -0.2) is 42.5 Å². The molecule has 0 saturated carbocycles. The number of anilines is 1. The summed E-state index contributed by atoms with van der Waals surface area (Å²) >= 11 is 3.42. The van der Waals surface area contributed by atoms with Crippen molar-refractivity contribution in [2.45, 2.75) is 6.92 Å². The molecule has 0 bridgehead atoms. The van der Waals surface area contributed by atoms with Gasteiger partial charge in [-0.15, -0.1) is 0 Å². The number of para-hydroxylation sites is 1. The normalized spacial score (nSPS) is 14.3. The zero-order valence-electron chi connectivity index (χ0n) is 17.7. The summed E-state index contributed by atoms with van der Waals surface area (Å²) in [6, 6.07) is 8.17. The average Bonchev–Trinajstić information content (AvgIpc) is 3.04. The number of nitrogens with one attached hydrogen (secondary N) is 2. The number of hydrogen-bond donors (Lipinski definition) is 2. The van der Waals surface area contributed by atoms with Crippen molar-refractivity contribution in [1.29, 1.82) is 0 Å². The van der Waals surface area contributed by atoms with Crippen LogP contribution in [0.2, 0.25) is 0 Å².